The average molecular weight is 555 g/mol. The summed E-state index contributed by atoms with van der Waals surface area (Å²) >= 11 is 0. The second-order valence-electron chi connectivity index (χ2n) is 7.14. The lowest BCUT2D eigenvalue weighted by molar-refractivity contribution is 0.221. The molecule has 1 aromatic carbocycles. The van der Waals surface area contributed by atoms with E-state index in [1.165, 1.54) is 6.26 Å². The van der Waals surface area contributed by atoms with Crippen LogP contribution in [-0.4, -0.2) is 70.1 Å². The number of ether oxygens (including phenoxy) is 1. The lowest BCUT2D eigenvalue weighted by Gasteiger charge is -2.19. The molecule has 0 aromatic heterocycles. The van der Waals surface area contributed by atoms with Gasteiger partial charge in [0.2, 0.25) is 0 Å². The zero-order valence-electron chi connectivity index (χ0n) is 19.0. The molecule has 0 aliphatic heterocycles. The van der Waals surface area contributed by atoms with Crippen molar-refractivity contribution in [2.45, 2.75) is 46.7 Å². The first-order valence-corrected chi connectivity index (χ1v) is 12.5. The molecule has 2 N–H and O–H groups in total. The highest BCUT2D eigenvalue weighted by molar-refractivity contribution is 14.0. The number of guanidine groups is 1. The van der Waals surface area contributed by atoms with Gasteiger partial charge in [0.1, 0.15) is 22.2 Å². The summed E-state index contributed by atoms with van der Waals surface area (Å²) in [4.78, 5) is 6.98. The molecule has 0 radical (unpaired) electrons. The van der Waals surface area contributed by atoms with Gasteiger partial charge in [-0.2, -0.15) is 0 Å². The number of nitrogens with one attached hydrogen (secondary N) is 2. The van der Waals surface area contributed by atoms with Crippen LogP contribution in [0.5, 0.6) is 5.75 Å². The van der Waals surface area contributed by atoms with Crippen LogP contribution in [0.4, 0.5) is 0 Å². The molecule has 0 aliphatic rings. The molecule has 0 heterocycles. The van der Waals surface area contributed by atoms with Gasteiger partial charge in [-0.1, -0.05) is 32.0 Å². The van der Waals surface area contributed by atoms with E-state index >= 15 is 0 Å². The van der Waals surface area contributed by atoms with Crippen molar-refractivity contribution < 1.29 is 13.2 Å². The van der Waals surface area contributed by atoms with Gasteiger partial charge in [-0.05, 0) is 39.4 Å². The smallest absolute Gasteiger partial charge is 0.191 e. The fraction of sp³-hybridized carbons (Fsp3) is 0.667. The molecule has 7 nitrogen and oxygen atoms in total. The Morgan fingerprint density at radius 2 is 1.87 bits per heavy atom. The van der Waals surface area contributed by atoms with E-state index in [4.69, 9.17) is 4.74 Å². The van der Waals surface area contributed by atoms with Crippen molar-refractivity contribution in [3.05, 3.63) is 29.8 Å². The first-order valence-electron chi connectivity index (χ1n) is 10.4. The van der Waals surface area contributed by atoms with Crippen LogP contribution < -0.4 is 15.4 Å². The van der Waals surface area contributed by atoms with Gasteiger partial charge in [-0.25, -0.2) is 13.4 Å². The molecular weight excluding hydrogens is 515 g/mol. The summed E-state index contributed by atoms with van der Waals surface area (Å²) < 4.78 is 28.7. The summed E-state index contributed by atoms with van der Waals surface area (Å²) in [6.07, 6.45) is 1.80. The Balaban J connectivity index is 0.00000841. The minimum absolute atomic E-state index is 0. The number of sulfone groups is 1. The molecule has 0 fully saturated rings. The van der Waals surface area contributed by atoms with Crippen molar-refractivity contribution in [1.29, 1.82) is 0 Å². The van der Waals surface area contributed by atoms with Gasteiger partial charge in [0, 0.05) is 31.0 Å². The molecule has 1 rings (SSSR count). The lowest BCUT2D eigenvalue weighted by atomic mass is 10.2. The molecule has 9 heteroatoms. The van der Waals surface area contributed by atoms with Crippen LogP contribution in [0.25, 0.3) is 0 Å². The number of aliphatic imine (C=N–C) groups is 1. The van der Waals surface area contributed by atoms with Crippen LogP contribution in [0.3, 0.4) is 0 Å². The maximum atomic E-state index is 11.4. The first kappa shape index (κ1) is 28.9. The Morgan fingerprint density at radius 1 is 1.20 bits per heavy atom. The predicted octanol–water partition coefficient (Wildman–Crippen LogP) is 2.90. The van der Waals surface area contributed by atoms with Crippen molar-refractivity contribution in [2.24, 2.45) is 4.99 Å². The third kappa shape index (κ3) is 12.6. The van der Waals surface area contributed by atoms with Crippen molar-refractivity contribution in [3.63, 3.8) is 0 Å². The van der Waals surface area contributed by atoms with Gasteiger partial charge >= 0.3 is 0 Å². The topological polar surface area (TPSA) is 83.0 Å². The van der Waals surface area contributed by atoms with Crippen LogP contribution in [0, 0.1) is 0 Å². The Bertz CT molecular complexity index is 725. The maximum absolute atomic E-state index is 11.4. The zero-order chi connectivity index (χ0) is 21.7. The van der Waals surface area contributed by atoms with Crippen molar-refractivity contribution >= 4 is 39.8 Å². The summed E-state index contributed by atoms with van der Waals surface area (Å²) in [6, 6.07) is 7.95. The molecular formula is C21H39IN4O3S. The highest BCUT2D eigenvalue weighted by atomic mass is 127. The minimum atomic E-state index is -2.97. The van der Waals surface area contributed by atoms with E-state index in [0.717, 1.165) is 37.5 Å². The monoisotopic (exact) mass is 554 g/mol. The summed E-state index contributed by atoms with van der Waals surface area (Å²) in [5.74, 6) is 1.68. The second-order valence-corrected chi connectivity index (χ2v) is 9.40. The molecule has 1 aromatic rings. The van der Waals surface area contributed by atoms with Crippen LogP contribution in [0.2, 0.25) is 0 Å². The quantitative estimate of drug-likeness (QED) is 0.222. The van der Waals surface area contributed by atoms with E-state index in [9.17, 15) is 8.42 Å². The largest absolute Gasteiger partial charge is 0.492 e. The fourth-order valence-electron chi connectivity index (χ4n) is 2.78. The molecule has 1 unspecified atom stereocenters. The fourth-order valence-corrected chi connectivity index (χ4v) is 3.56. The van der Waals surface area contributed by atoms with Gasteiger partial charge in [0.15, 0.2) is 5.96 Å². The third-order valence-corrected chi connectivity index (χ3v) is 5.57. The number of nitrogens with zero attached hydrogens (tertiary/aromatic N) is 2. The van der Waals surface area contributed by atoms with Gasteiger partial charge in [-0.3, -0.25) is 0 Å². The highest BCUT2D eigenvalue weighted by Gasteiger charge is 2.10. The Hall–Kier alpha value is -1.07. The van der Waals surface area contributed by atoms with Gasteiger partial charge in [0.25, 0.3) is 0 Å². The van der Waals surface area contributed by atoms with Crippen molar-refractivity contribution in [3.8, 4) is 5.75 Å². The summed E-state index contributed by atoms with van der Waals surface area (Å²) in [5, 5.41) is 6.50. The van der Waals surface area contributed by atoms with E-state index in [0.29, 0.717) is 25.5 Å². The van der Waals surface area contributed by atoms with E-state index < -0.39 is 9.84 Å². The lowest BCUT2D eigenvalue weighted by Crippen LogP contribution is -2.42. The Kier molecular flexibility index (Phi) is 15.1. The number of hydrogen-bond acceptors (Lipinski definition) is 5. The molecule has 0 bridgehead atoms. The van der Waals surface area contributed by atoms with Crippen molar-refractivity contribution in [1.82, 2.24) is 15.5 Å². The summed E-state index contributed by atoms with van der Waals surface area (Å²) in [6.45, 7) is 13.0. The van der Waals surface area contributed by atoms with Gasteiger partial charge in [-0.15, -0.1) is 24.0 Å². The van der Waals surface area contributed by atoms with E-state index in [1.807, 2.05) is 38.1 Å². The molecule has 0 aliphatic carbocycles. The normalized spacial score (nSPS) is 12.9. The zero-order valence-corrected chi connectivity index (χ0v) is 22.1. The van der Waals surface area contributed by atoms with E-state index in [2.05, 4.69) is 34.4 Å². The number of benzene rings is 1. The van der Waals surface area contributed by atoms with E-state index in [-0.39, 0.29) is 35.8 Å². The predicted molar refractivity (Wildman–Crippen MR) is 137 cm³/mol. The van der Waals surface area contributed by atoms with Gasteiger partial charge in [0.05, 0.1) is 12.3 Å². The average Bonchev–Trinajstić information content (AvgIpc) is 2.68. The molecule has 0 saturated carbocycles. The molecule has 0 saturated heterocycles. The Labute approximate surface area is 200 Å². The number of para-hydroxylation sites is 1. The van der Waals surface area contributed by atoms with Crippen LogP contribution in [-0.2, 0) is 16.4 Å². The van der Waals surface area contributed by atoms with Crippen molar-refractivity contribution in [2.75, 3.05) is 44.8 Å². The van der Waals surface area contributed by atoms with Crippen LogP contribution in [0.1, 0.15) is 39.7 Å². The first-order chi connectivity index (χ1) is 13.8. The number of hydrogen-bond donors (Lipinski definition) is 2. The number of halogens is 1. The highest BCUT2D eigenvalue weighted by Crippen LogP contribution is 2.19. The summed E-state index contributed by atoms with van der Waals surface area (Å²) in [7, 11) is -2.97. The standard InChI is InChI=1S/C21H38N4O3S.HI/c1-6-22-21(24-18(4)13-16-29(5,26)27)23-17-19-11-9-10-12-20(19)28-15-14-25(7-2)8-3;/h9-12,18H,6-8,13-17H2,1-5H3,(H2,22,23,24);1H. The Morgan fingerprint density at radius 3 is 2.47 bits per heavy atom. The van der Waals surface area contributed by atoms with Crippen LogP contribution >= 0.6 is 24.0 Å². The van der Waals surface area contributed by atoms with Crippen LogP contribution in [0.15, 0.2) is 29.3 Å². The van der Waals surface area contributed by atoms with Gasteiger partial charge < -0.3 is 20.3 Å². The molecule has 30 heavy (non-hydrogen) atoms. The third-order valence-electron chi connectivity index (χ3n) is 4.59. The maximum Gasteiger partial charge on any atom is 0.191 e. The molecule has 1 atom stereocenters. The second kappa shape index (κ2) is 15.7. The molecule has 174 valence electrons. The SMILES string of the molecule is CCNC(=NCc1ccccc1OCCN(CC)CC)NC(C)CCS(C)(=O)=O.I. The van der Waals surface area contributed by atoms with E-state index in [1.54, 1.807) is 0 Å². The molecule has 0 amide bonds. The number of rotatable bonds is 13. The summed E-state index contributed by atoms with van der Waals surface area (Å²) in [5.41, 5.74) is 1.02. The number of likely N-dealkylation sites (N-methyl/N-ethyl adjacent to an activating group) is 1. The minimum Gasteiger partial charge on any atom is -0.492 e. The molecule has 0 spiro atoms.